The van der Waals surface area contributed by atoms with E-state index < -0.39 is 0 Å². The Morgan fingerprint density at radius 3 is 2.70 bits per heavy atom. The Bertz CT molecular complexity index is 1080. The molecule has 1 atom stereocenters. The van der Waals surface area contributed by atoms with Crippen LogP contribution in [-0.2, 0) is 0 Å². The summed E-state index contributed by atoms with van der Waals surface area (Å²) in [6.45, 7) is 2.06. The SMILES string of the molecule is COc1ccc2cc([C@H](c3nnnn3C3CCCCC3)[NH+]3CCCC3)c(=O)[nH]c2c1. The first kappa shape index (κ1) is 19.2. The largest absolute Gasteiger partial charge is 0.497 e. The Balaban J connectivity index is 1.62. The second-order valence-electron chi connectivity index (χ2n) is 8.58. The van der Waals surface area contributed by atoms with E-state index >= 15 is 0 Å². The van der Waals surface area contributed by atoms with Crippen molar-refractivity contribution >= 4 is 10.9 Å². The number of rotatable bonds is 5. The van der Waals surface area contributed by atoms with Crippen LogP contribution in [0.4, 0.5) is 0 Å². The number of pyridine rings is 1. The molecule has 8 nitrogen and oxygen atoms in total. The van der Waals surface area contributed by atoms with Crippen molar-refractivity contribution in [3.63, 3.8) is 0 Å². The van der Waals surface area contributed by atoms with Crippen LogP contribution in [-0.4, -0.2) is 45.4 Å². The van der Waals surface area contributed by atoms with Gasteiger partial charge in [-0.1, -0.05) is 19.3 Å². The number of benzene rings is 1. The highest BCUT2D eigenvalue weighted by Gasteiger charge is 2.37. The summed E-state index contributed by atoms with van der Waals surface area (Å²) >= 11 is 0. The van der Waals surface area contributed by atoms with Gasteiger partial charge in [0.1, 0.15) is 5.75 Å². The molecule has 1 saturated carbocycles. The number of quaternary nitrogens is 1. The molecule has 2 fully saturated rings. The quantitative estimate of drug-likeness (QED) is 0.671. The zero-order valence-corrected chi connectivity index (χ0v) is 17.4. The molecule has 0 bridgehead atoms. The second-order valence-corrected chi connectivity index (χ2v) is 8.58. The van der Waals surface area contributed by atoms with Crippen molar-refractivity contribution < 1.29 is 9.64 Å². The number of aromatic amines is 1. The normalized spacial score (nSPS) is 19.4. The lowest BCUT2D eigenvalue weighted by Crippen LogP contribution is -3.10. The molecular formula is C22H29N6O2+. The first-order valence-corrected chi connectivity index (χ1v) is 11.1. The average Bonchev–Trinajstić information content (AvgIpc) is 3.47. The third-order valence-electron chi connectivity index (χ3n) is 6.74. The maximum absolute atomic E-state index is 13.2. The van der Waals surface area contributed by atoms with Crippen molar-refractivity contribution in [2.75, 3.05) is 20.2 Å². The predicted molar refractivity (Wildman–Crippen MR) is 113 cm³/mol. The molecule has 2 aliphatic rings. The summed E-state index contributed by atoms with van der Waals surface area (Å²) in [7, 11) is 1.63. The van der Waals surface area contributed by atoms with Gasteiger partial charge in [-0.05, 0) is 46.9 Å². The minimum atomic E-state index is -0.153. The maximum Gasteiger partial charge on any atom is 0.258 e. The Morgan fingerprint density at radius 1 is 1.13 bits per heavy atom. The first-order valence-electron chi connectivity index (χ1n) is 11.1. The smallest absolute Gasteiger partial charge is 0.258 e. The van der Waals surface area contributed by atoms with Gasteiger partial charge in [0.05, 0.1) is 37.3 Å². The molecular weight excluding hydrogens is 380 g/mol. The van der Waals surface area contributed by atoms with Gasteiger partial charge in [-0.3, -0.25) is 4.79 Å². The van der Waals surface area contributed by atoms with Crippen molar-refractivity contribution in [3.05, 3.63) is 46.0 Å². The summed E-state index contributed by atoms with van der Waals surface area (Å²) in [4.78, 5) is 17.7. The van der Waals surface area contributed by atoms with E-state index in [2.05, 4.69) is 20.5 Å². The molecule has 1 aliphatic carbocycles. The van der Waals surface area contributed by atoms with Crippen molar-refractivity contribution in [3.8, 4) is 5.75 Å². The first-order chi connectivity index (χ1) is 14.7. The van der Waals surface area contributed by atoms with Gasteiger partial charge < -0.3 is 14.6 Å². The molecule has 8 heteroatoms. The molecule has 158 valence electrons. The van der Waals surface area contributed by atoms with Gasteiger partial charge in [-0.2, -0.15) is 0 Å². The van der Waals surface area contributed by atoms with E-state index in [4.69, 9.17) is 4.74 Å². The Morgan fingerprint density at radius 2 is 1.93 bits per heavy atom. The van der Waals surface area contributed by atoms with Crippen LogP contribution in [0.25, 0.3) is 10.9 Å². The Kier molecular flexibility index (Phi) is 5.25. The van der Waals surface area contributed by atoms with Crippen LogP contribution in [0.5, 0.6) is 5.75 Å². The predicted octanol–water partition coefficient (Wildman–Crippen LogP) is 1.80. The van der Waals surface area contributed by atoms with Crippen molar-refractivity contribution in [1.82, 2.24) is 25.2 Å². The molecule has 3 heterocycles. The summed E-state index contributed by atoms with van der Waals surface area (Å²) in [5.41, 5.74) is 1.46. The molecule has 2 aromatic heterocycles. The summed E-state index contributed by atoms with van der Waals surface area (Å²) in [6.07, 6.45) is 8.25. The number of hydrogen-bond acceptors (Lipinski definition) is 5. The summed E-state index contributed by atoms with van der Waals surface area (Å²) in [5, 5.41) is 13.9. The summed E-state index contributed by atoms with van der Waals surface area (Å²) in [6, 6.07) is 7.98. The maximum atomic E-state index is 13.2. The summed E-state index contributed by atoms with van der Waals surface area (Å²) in [5.74, 6) is 1.56. The van der Waals surface area contributed by atoms with E-state index in [1.165, 1.54) is 37.0 Å². The van der Waals surface area contributed by atoms with E-state index in [9.17, 15) is 4.79 Å². The minimum Gasteiger partial charge on any atom is -0.497 e. The Hall–Kier alpha value is -2.74. The lowest BCUT2D eigenvalue weighted by atomic mass is 9.95. The van der Waals surface area contributed by atoms with Crippen molar-refractivity contribution in [1.29, 1.82) is 0 Å². The number of nitrogens with zero attached hydrogens (tertiary/aromatic N) is 4. The second kappa shape index (κ2) is 8.18. The zero-order chi connectivity index (χ0) is 20.5. The fraction of sp³-hybridized carbons (Fsp3) is 0.545. The third kappa shape index (κ3) is 3.49. The van der Waals surface area contributed by atoms with Gasteiger partial charge in [0.15, 0.2) is 6.04 Å². The number of hydrogen-bond donors (Lipinski definition) is 2. The van der Waals surface area contributed by atoms with Crippen LogP contribution >= 0.6 is 0 Å². The number of tetrazole rings is 1. The van der Waals surface area contributed by atoms with Crippen LogP contribution < -0.4 is 15.2 Å². The molecule has 5 rings (SSSR count). The number of methoxy groups -OCH3 is 1. The number of H-pyrrole nitrogens is 1. The van der Waals surface area contributed by atoms with Gasteiger partial charge in [-0.15, -0.1) is 5.10 Å². The highest BCUT2D eigenvalue weighted by Crippen LogP contribution is 2.30. The summed E-state index contributed by atoms with van der Waals surface area (Å²) < 4.78 is 7.33. The molecule has 30 heavy (non-hydrogen) atoms. The molecule has 0 radical (unpaired) electrons. The minimum absolute atomic E-state index is 0.0710. The van der Waals surface area contributed by atoms with Gasteiger partial charge in [0.25, 0.3) is 5.56 Å². The van der Waals surface area contributed by atoms with E-state index in [1.807, 2.05) is 28.9 Å². The molecule has 1 saturated heterocycles. The molecule has 2 N–H and O–H groups in total. The molecule has 0 amide bonds. The van der Waals surface area contributed by atoms with Crippen LogP contribution in [0.15, 0.2) is 29.1 Å². The highest BCUT2D eigenvalue weighted by atomic mass is 16.5. The van der Waals surface area contributed by atoms with Crippen LogP contribution in [0.2, 0.25) is 0 Å². The van der Waals surface area contributed by atoms with Gasteiger partial charge >= 0.3 is 0 Å². The standard InChI is InChI=1S/C22H28N6O2/c1-30-17-10-9-15-13-18(22(29)23-19(15)14-17)20(27-11-5-6-12-27)21-24-25-26-28(21)16-7-3-2-4-8-16/h9-10,13-14,16,20H,2-8,11-12H2,1H3,(H,23,29)/p+1/t20-/m1/s1. The topological polar surface area (TPSA) is 90.1 Å². The number of ether oxygens (including phenoxy) is 1. The lowest BCUT2D eigenvalue weighted by Gasteiger charge is -2.27. The molecule has 0 spiro atoms. The zero-order valence-electron chi connectivity index (χ0n) is 17.4. The fourth-order valence-corrected chi connectivity index (χ4v) is 5.17. The molecule has 1 aromatic carbocycles. The number of fused-ring (bicyclic) bond motifs is 1. The van der Waals surface area contributed by atoms with Crippen molar-refractivity contribution in [2.45, 2.75) is 57.0 Å². The highest BCUT2D eigenvalue weighted by molar-refractivity contribution is 5.80. The van der Waals surface area contributed by atoms with E-state index in [-0.39, 0.29) is 11.6 Å². The molecule has 3 aromatic rings. The van der Waals surface area contributed by atoms with E-state index in [0.29, 0.717) is 6.04 Å². The van der Waals surface area contributed by atoms with E-state index in [1.54, 1.807) is 7.11 Å². The van der Waals surface area contributed by atoms with E-state index in [0.717, 1.165) is 54.0 Å². The molecule has 1 aliphatic heterocycles. The van der Waals surface area contributed by atoms with Gasteiger partial charge in [0.2, 0.25) is 5.82 Å². The van der Waals surface area contributed by atoms with Gasteiger partial charge in [0, 0.05) is 18.9 Å². The lowest BCUT2D eigenvalue weighted by molar-refractivity contribution is -0.914. The number of aromatic nitrogens is 5. The molecule has 0 unspecified atom stereocenters. The third-order valence-corrected chi connectivity index (χ3v) is 6.74. The monoisotopic (exact) mass is 409 g/mol. The van der Waals surface area contributed by atoms with Gasteiger partial charge in [-0.25, -0.2) is 4.68 Å². The fourth-order valence-electron chi connectivity index (χ4n) is 5.17. The van der Waals surface area contributed by atoms with Crippen LogP contribution in [0.3, 0.4) is 0 Å². The Labute approximate surface area is 175 Å². The van der Waals surface area contributed by atoms with Crippen LogP contribution in [0, 0.1) is 0 Å². The average molecular weight is 410 g/mol. The number of likely N-dealkylation sites (tertiary alicyclic amines) is 1. The van der Waals surface area contributed by atoms with Crippen molar-refractivity contribution in [2.24, 2.45) is 0 Å². The number of nitrogens with one attached hydrogen (secondary N) is 2. The van der Waals surface area contributed by atoms with Crippen LogP contribution in [0.1, 0.15) is 68.4 Å².